The highest BCUT2D eigenvalue weighted by molar-refractivity contribution is 8.00. The van der Waals surface area contributed by atoms with Crippen LogP contribution in [0, 0.1) is 5.92 Å². The highest BCUT2D eigenvalue weighted by Gasteiger charge is 2.46. The third kappa shape index (κ3) is 4.11. The zero-order valence-corrected chi connectivity index (χ0v) is 16.4. The van der Waals surface area contributed by atoms with Gasteiger partial charge in [-0.2, -0.15) is 11.8 Å². The van der Waals surface area contributed by atoms with Crippen LogP contribution in [0.3, 0.4) is 0 Å². The molecule has 1 aliphatic heterocycles. The number of thioether (sulfide) groups is 1. The van der Waals surface area contributed by atoms with E-state index >= 15 is 0 Å². The maximum absolute atomic E-state index is 12.8. The normalized spacial score (nSPS) is 26.2. The highest BCUT2D eigenvalue weighted by Crippen LogP contribution is 2.48. The van der Waals surface area contributed by atoms with E-state index in [1.54, 1.807) is 0 Å². The summed E-state index contributed by atoms with van der Waals surface area (Å²) in [7, 11) is 0. The average molecular weight is 371 g/mol. The smallest absolute Gasteiger partial charge is 0.226 e. The third-order valence-electron chi connectivity index (χ3n) is 6.16. The van der Waals surface area contributed by atoms with Crippen molar-refractivity contribution in [3.05, 3.63) is 48.2 Å². The van der Waals surface area contributed by atoms with Crippen molar-refractivity contribution >= 4 is 17.7 Å². The Balaban J connectivity index is 1.21. The lowest BCUT2D eigenvalue weighted by molar-refractivity contribution is -0.134. The molecule has 1 aromatic carbocycles. The third-order valence-corrected chi connectivity index (χ3v) is 7.60. The second-order valence-electron chi connectivity index (χ2n) is 7.96. The number of hydrogen-bond acceptors (Lipinski definition) is 3. The average Bonchev–Trinajstić information content (AvgIpc) is 3.33. The van der Waals surface area contributed by atoms with Gasteiger partial charge < -0.3 is 9.80 Å². The van der Waals surface area contributed by atoms with E-state index in [1.807, 2.05) is 6.07 Å². The first-order chi connectivity index (χ1) is 12.7. The van der Waals surface area contributed by atoms with Crippen LogP contribution in [-0.2, 0) is 4.79 Å². The van der Waals surface area contributed by atoms with E-state index in [0.717, 1.165) is 43.6 Å². The van der Waals surface area contributed by atoms with E-state index in [-0.39, 0.29) is 5.92 Å². The fourth-order valence-electron chi connectivity index (χ4n) is 4.37. The summed E-state index contributed by atoms with van der Waals surface area (Å²) < 4.78 is 0. The summed E-state index contributed by atoms with van der Waals surface area (Å²) in [6.45, 7) is 7.90. The molecule has 0 aromatic heterocycles. The number of rotatable bonds is 6. The summed E-state index contributed by atoms with van der Waals surface area (Å²) in [5.41, 5.74) is 2.57. The van der Waals surface area contributed by atoms with Crippen LogP contribution in [0.5, 0.6) is 0 Å². The Kier molecular flexibility index (Phi) is 5.58. The number of amides is 1. The standard InChI is InChI=1S/C22H30N2OS/c1-17(16-26-19-9-5-6-10-19)23-11-13-24(14-12-23)22(25)21-15-20(21)18-7-3-2-4-8-18/h2-4,7-8,19-21H,1,5-6,9-16H2/t20-,21+/m0/s1. The summed E-state index contributed by atoms with van der Waals surface area (Å²) in [5.74, 6) is 2.08. The maximum atomic E-state index is 12.8. The van der Waals surface area contributed by atoms with Crippen molar-refractivity contribution in [2.75, 3.05) is 31.9 Å². The number of carbonyl (C=O) groups is 1. The van der Waals surface area contributed by atoms with Crippen molar-refractivity contribution in [1.29, 1.82) is 0 Å². The molecule has 3 nitrogen and oxygen atoms in total. The number of benzene rings is 1. The molecule has 1 amide bonds. The minimum Gasteiger partial charge on any atom is -0.371 e. The van der Waals surface area contributed by atoms with Crippen molar-refractivity contribution in [1.82, 2.24) is 9.80 Å². The molecule has 0 unspecified atom stereocenters. The Morgan fingerprint density at radius 2 is 1.69 bits per heavy atom. The lowest BCUT2D eigenvalue weighted by Crippen LogP contribution is -2.49. The van der Waals surface area contributed by atoms with Gasteiger partial charge in [0.2, 0.25) is 5.91 Å². The van der Waals surface area contributed by atoms with Crippen molar-refractivity contribution in [2.24, 2.45) is 5.92 Å². The SMILES string of the molecule is C=C(CSC1CCCC1)N1CCN(C(=O)[C@@H]2C[C@H]2c2ccccc2)CC1. The van der Waals surface area contributed by atoms with Crippen LogP contribution in [0.1, 0.15) is 43.6 Å². The molecule has 0 N–H and O–H groups in total. The fraction of sp³-hybridized carbons (Fsp3) is 0.591. The fourth-order valence-corrected chi connectivity index (χ4v) is 5.65. The van der Waals surface area contributed by atoms with Crippen LogP contribution in [0.2, 0.25) is 0 Å². The molecular formula is C22H30N2OS. The van der Waals surface area contributed by atoms with Crippen LogP contribution in [-0.4, -0.2) is 52.9 Å². The number of carbonyl (C=O) groups excluding carboxylic acids is 1. The van der Waals surface area contributed by atoms with Crippen LogP contribution in [0.4, 0.5) is 0 Å². The van der Waals surface area contributed by atoms with Gasteiger partial charge >= 0.3 is 0 Å². The van der Waals surface area contributed by atoms with Gasteiger partial charge in [-0.1, -0.05) is 49.8 Å². The molecular weight excluding hydrogens is 340 g/mol. The van der Waals surface area contributed by atoms with Gasteiger partial charge in [0.05, 0.1) is 0 Å². The zero-order chi connectivity index (χ0) is 17.9. The van der Waals surface area contributed by atoms with E-state index in [0.29, 0.717) is 11.8 Å². The highest BCUT2D eigenvalue weighted by atomic mass is 32.2. The van der Waals surface area contributed by atoms with Crippen LogP contribution < -0.4 is 0 Å². The number of piperazine rings is 1. The van der Waals surface area contributed by atoms with Crippen molar-refractivity contribution in [2.45, 2.75) is 43.3 Å². The quantitative estimate of drug-likeness (QED) is 0.752. The molecule has 4 heteroatoms. The summed E-state index contributed by atoms with van der Waals surface area (Å²) in [6, 6.07) is 10.5. The second-order valence-corrected chi connectivity index (χ2v) is 9.24. The first-order valence-corrected chi connectivity index (χ1v) is 11.2. The van der Waals surface area contributed by atoms with Gasteiger partial charge in [-0.3, -0.25) is 4.79 Å². The van der Waals surface area contributed by atoms with Gasteiger partial charge in [0.1, 0.15) is 0 Å². The minimum absolute atomic E-state index is 0.213. The van der Waals surface area contributed by atoms with E-state index < -0.39 is 0 Å². The Hall–Kier alpha value is -1.42. The monoisotopic (exact) mass is 370 g/mol. The number of hydrogen-bond donors (Lipinski definition) is 0. The topological polar surface area (TPSA) is 23.6 Å². The first kappa shape index (κ1) is 18.0. The van der Waals surface area contributed by atoms with Gasteiger partial charge in [0.25, 0.3) is 0 Å². The Bertz CT molecular complexity index is 633. The van der Waals surface area contributed by atoms with E-state index in [2.05, 4.69) is 52.4 Å². The Morgan fingerprint density at radius 3 is 2.38 bits per heavy atom. The van der Waals surface area contributed by atoms with Gasteiger partial charge in [0, 0.05) is 48.8 Å². The van der Waals surface area contributed by atoms with E-state index in [4.69, 9.17) is 0 Å². The Labute approximate surface area is 161 Å². The Morgan fingerprint density at radius 1 is 1.04 bits per heavy atom. The molecule has 2 aliphatic carbocycles. The molecule has 1 aromatic rings. The molecule has 0 radical (unpaired) electrons. The van der Waals surface area contributed by atoms with Crippen molar-refractivity contribution in [3.63, 3.8) is 0 Å². The van der Waals surface area contributed by atoms with Crippen LogP contribution in [0.15, 0.2) is 42.6 Å². The van der Waals surface area contributed by atoms with Crippen molar-refractivity contribution < 1.29 is 4.79 Å². The predicted octanol–water partition coefficient (Wildman–Crippen LogP) is 4.12. The molecule has 0 bridgehead atoms. The van der Waals surface area contributed by atoms with E-state index in [1.165, 1.54) is 36.9 Å². The van der Waals surface area contributed by atoms with Crippen molar-refractivity contribution in [3.8, 4) is 0 Å². The molecule has 2 saturated carbocycles. The van der Waals surface area contributed by atoms with Gasteiger partial charge in [0.15, 0.2) is 0 Å². The van der Waals surface area contributed by atoms with Gasteiger partial charge in [-0.05, 0) is 30.7 Å². The lowest BCUT2D eigenvalue weighted by Gasteiger charge is -2.37. The van der Waals surface area contributed by atoms with E-state index in [9.17, 15) is 4.79 Å². The molecule has 140 valence electrons. The molecule has 3 aliphatic rings. The summed E-state index contributed by atoms with van der Waals surface area (Å²) in [4.78, 5) is 17.3. The summed E-state index contributed by atoms with van der Waals surface area (Å²) in [6.07, 6.45) is 6.58. The molecule has 26 heavy (non-hydrogen) atoms. The minimum atomic E-state index is 0.213. The van der Waals surface area contributed by atoms with Gasteiger partial charge in [-0.25, -0.2) is 0 Å². The summed E-state index contributed by atoms with van der Waals surface area (Å²) >= 11 is 2.08. The molecule has 1 saturated heterocycles. The second kappa shape index (κ2) is 8.08. The van der Waals surface area contributed by atoms with Crippen LogP contribution >= 0.6 is 11.8 Å². The molecule has 2 atom stereocenters. The summed E-state index contributed by atoms with van der Waals surface area (Å²) in [5, 5.41) is 0.847. The molecule has 4 rings (SSSR count). The maximum Gasteiger partial charge on any atom is 0.226 e. The lowest BCUT2D eigenvalue weighted by atomic mass is 10.1. The predicted molar refractivity (Wildman–Crippen MR) is 109 cm³/mol. The molecule has 0 spiro atoms. The first-order valence-electron chi connectivity index (χ1n) is 10.1. The zero-order valence-electron chi connectivity index (χ0n) is 15.6. The van der Waals surface area contributed by atoms with Crippen LogP contribution in [0.25, 0.3) is 0 Å². The molecule has 1 heterocycles. The largest absolute Gasteiger partial charge is 0.371 e. The van der Waals surface area contributed by atoms with Gasteiger partial charge in [-0.15, -0.1) is 0 Å². The number of nitrogens with zero attached hydrogens (tertiary/aromatic N) is 2. The molecule has 3 fully saturated rings.